The van der Waals surface area contributed by atoms with Crippen molar-refractivity contribution < 1.29 is 38.0 Å². The molecule has 4 aromatic rings. The Kier molecular flexibility index (Phi) is 11.7. The Morgan fingerprint density at radius 1 is 0.520 bits per heavy atom. The summed E-state index contributed by atoms with van der Waals surface area (Å²) < 4.78 is 35.8. The first kappa shape index (κ1) is 34.6. The number of methoxy groups -OCH3 is 2. The molecule has 6 rings (SSSR count). The summed E-state index contributed by atoms with van der Waals surface area (Å²) in [4.78, 5) is 24.6. The van der Waals surface area contributed by atoms with Gasteiger partial charge in [-0.05, 0) is 70.2 Å². The lowest BCUT2D eigenvalue weighted by Crippen LogP contribution is -2.15. The number of ether oxygens (including phenoxy) is 6. The molecule has 1 aliphatic carbocycles. The van der Waals surface area contributed by atoms with Crippen LogP contribution in [0.5, 0.6) is 23.0 Å². The minimum atomic E-state index is -0.449. The Labute approximate surface area is 293 Å². The summed E-state index contributed by atoms with van der Waals surface area (Å²) in [5.74, 6) is 2.05. The molecule has 1 heterocycles. The third kappa shape index (κ3) is 8.48. The lowest BCUT2D eigenvalue weighted by atomic mass is 9.91. The van der Waals surface area contributed by atoms with Crippen molar-refractivity contribution in [3.05, 3.63) is 129 Å². The van der Waals surface area contributed by atoms with Gasteiger partial charge in [0.15, 0.2) is 13.2 Å². The van der Waals surface area contributed by atoms with Gasteiger partial charge in [-0.1, -0.05) is 84.9 Å². The molecular formula is C42H44O8. The first-order chi connectivity index (χ1) is 24.5. The van der Waals surface area contributed by atoms with Gasteiger partial charge >= 0.3 is 11.9 Å². The largest absolute Gasteiger partial charge is 0.493 e. The fourth-order valence-corrected chi connectivity index (χ4v) is 6.59. The predicted molar refractivity (Wildman–Crippen MR) is 191 cm³/mol. The van der Waals surface area contributed by atoms with Crippen molar-refractivity contribution in [2.45, 2.75) is 51.4 Å². The zero-order chi connectivity index (χ0) is 34.7. The molecule has 10 bridgehead atoms. The van der Waals surface area contributed by atoms with Crippen molar-refractivity contribution in [3.63, 3.8) is 0 Å². The second kappa shape index (κ2) is 16.9. The summed E-state index contributed by atoms with van der Waals surface area (Å²) in [6, 6.07) is 24.7. The third-order valence-electron chi connectivity index (χ3n) is 9.05. The Morgan fingerprint density at radius 3 is 1.16 bits per heavy atom. The van der Waals surface area contributed by atoms with Crippen LogP contribution in [0.4, 0.5) is 0 Å². The topological polar surface area (TPSA) is 89.5 Å². The number of carbonyl (C=O) groups excluding carboxylic acids is 2. The fourth-order valence-electron chi connectivity index (χ4n) is 6.59. The van der Waals surface area contributed by atoms with Gasteiger partial charge in [0, 0.05) is 25.7 Å². The number of benzene rings is 4. The van der Waals surface area contributed by atoms with E-state index < -0.39 is 11.9 Å². The van der Waals surface area contributed by atoms with Crippen LogP contribution in [0.1, 0.15) is 70.2 Å². The molecule has 0 atom stereocenters. The van der Waals surface area contributed by atoms with Crippen LogP contribution in [0.15, 0.2) is 84.9 Å². The van der Waals surface area contributed by atoms with E-state index in [1.807, 2.05) is 48.5 Å². The number of carbonyl (C=O) groups is 2. The van der Waals surface area contributed by atoms with Crippen LogP contribution in [-0.4, -0.2) is 52.6 Å². The Bertz CT molecular complexity index is 1620. The van der Waals surface area contributed by atoms with Crippen LogP contribution < -0.4 is 18.9 Å². The minimum Gasteiger partial charge on any atom is -0.493 e. The van der Waals surface area contributed by atoms with Crippen molar-refractivity contribution in [2.75, 3.05) is 40.6 Å². The standard InChI is InChI=1S/C42H44O8/c1-45-37(43)27-49-41-33-17-11-18-34(41)24-30-14-10-16-32-26-36-20-12-19-35(42(36)50-28-38(44)46-2)25-31-15-9-13-29(23-33)39(31)47-21-7-5-3-4-6-8-22-48-40(30)32/h3-4,9-20H,5-8,21-28H2,1-2H3/b4-3-. The molecular weight excluding hydrogens is 632 g/mol. The maximum atomic E-state index is 12.3. The van der Waals surface area contributed by atoms with Gasteiger partial charge in [0.1, 0.15) is 23.0 Å². The SMILES string of the molecule is COC(=O)COc1c2cccc1Cc1cccc3c1OCCC/C=C\CCCOc1c(cccc1Cc1cccc(c1OCC(=O)OC)C3)C2. The van der Waals surface area contributed by atoms with Crippen molar-refractivity contribution in [3.8, 4) is 23.0 Å². The zero-order valence-electron chi connectivity index (χ0n) is 28.8. The maximum absolute atomic E-state index is 12.3. The van der Waals surface area contributed by atoms with E-state index in [0.29, 0.717) is 50.4 Å². The summed E-state index contributed by atoms with van der Waals surface area (Å²) >= 11 is 0. The second-order valence-electron chi connectivity index (χ2n) is 12.5. The molecule has 8 nitrogen and oxygen atoms in total. The van der Waals surface area contributed by atoms with E-state index in [2.05, 4.69) is 36.4 Å². The van der Waals surface area contributed by atoms with Gasteiger partial charge in [-0.25, -0.2) is 9.59 Å². The van der Waals surface area contributed by atoms with Crippen LogP contribution >= 0.6 is 0 Å². The molecule has 0 saturated heterocycles. The van der Waals surface area contributed by atoms with Gasteiger partial charge in [-0.15, -0.1) is 0 Å². The number of hydrogen-bond donors (Lipinski definition) is 0. The molecule has 0 radical (unpaired) electrons. The number of esters is 2. The first-order valence-corrected chi connectivity index (χ1v) is 17.3. The van der Waals surface area contributed by atoms with Crippen molar-refractivity contribution in [1.82, 2.24) is 0 Å². The quantitative estimate of drug-likeness (QED) is 0.136. The number of fused-ring (bicyclic) bond motifs is 2. The van der Waals surface area contributed by atoms with Crippen LogP contribution in [0, 0.1) is 0 Å². The average Bonchev–Trinajstić information content (AvgIpc) is 3.12. The highest BCUT2D eigenvalue weighted by Gasteiger charge is 2.22. The van der Waals surface area contributed by atoms with Crippen LogP contribution in [0.2, 0.25) is 0 Å². The second-order valence-corrected chi connectivity index (χ2v) is 12.5. The number of allylic oxidation sites excluding steroid dienone is 2. The molecule has 8 heteroatoms. The Morgan fingerprint density at radius 2 is 0.840 bits per heavy atom. The highest BCUT2D eigenvalue weighted by atomic mass is 16.6. The molecule has 0 fully saturated rings. The minimum absolute atomic E-state index is 0.205. The van der Waals surface area contributed by atoms with E-state index in [1.165, 1.54) is 14.2 Å². The fraction of sp³-hybridized carbons (Fsp3) is 0.333. The van der Waals surface area contributed by atoms with Crippen LogP contribution in [0.25, 0.3) is 0 Å². The summed E-state index contributed by atoms with van der Waals surface area (Å²) in [5.41, 5.74) is 7.75. The van der Waals surface area contributed by atoms with Gasteiger partial charge in [0.25, 0.3) is 0 Å². The van der Waals surface area contributed by atoms with Crippen LogP contribution in [0.3, 0.4) is 0 Å². The van der Waals surface area contributed by atoms with Crippen molar-refractivity contribution in [2.24, 2.45) is 0 Å². The number of rotatable bonds is 6. The molecule has 0 amide bonds. The lowest BCUT2D eigenvalue weighted by Gasteiger charge is -2.22. The maximum Gasteiger partial charge on any atom is 0.343 e. The predicted octanol–water partition coefficient (Wildman–Crippen LogP) is 7.35. The molecule has 0 aromatic heterocycles. The average molecular weight is 677 g/mol. The monoisotopic (exact) mass is 676 g/mol. The number of hydrogen-bond acceptors (Lipinski definition) is 8. The normalized spacial score (nSPS) is 15.0. The lowest BCUT2D eigenvalue weighted by molar-refractivity contribution is -0.143. The van der Waals surface area contributed by atoms with Crippen molar-refractivity contribution >= 4 is 11.9 Å². The van der Waals surface area contributed by atoms with E-state index in [0.717, 1.165) is 81.7 Å². The molecule has 260 valence electrons. The van der Waals surface area contributed by atoms with E-state index in [4.69, 9.17) is 28.4 Å². The van der Waals surface area contributed by atoms with Crippen molar-refractivity contribution in [1.29, 1.82) is 0 Å². The van der Waals surface area contributed by atoms with Gasteiger partial charge in [0.05, 0.1) is 27.4 Å². The molecule has 4 aromatic carbocycles. The molecule has 0 N–H and O–H groups in total. The summed E-state index contributed by atoms with van der Waals surface area (Å²) in [7, 11) is 2.72. The van der Waals surface area contributed by atoms with Gasteiger partial charge in [-0.3, -0.25) is 0 Å². The molecule has 0 spiro atoms. The van der Waals surface area contributed by atoms with E-state index in [9.17, 15) is 9.59 Å². The molecule has 1 aliphatic heterocycles. The molecule has 50 heavy (non-hydrogen) atoms. The summed E-state index contributed by atoms with van der Waals surface area (Å²) in [6.07, 6.45) is 10.1. The van der Waals surface area contributed by atoms with Gasteiger partial charge in [0.2, 0.25) is 0 Å². The Balaban J connectivity index is 1.58. The van der Waals surface area contributed by atoms with E-state index in [1.54, 1.807) is 0 Å². The summed E-state index contributed by atoms with van der Waals surface area (Å²) in [6.45, 7) is 0.685. The zero-order valence-corrected chi connectivity index (χ0v) is 28.8. The smallest absolute Gasteiger partial charge is 0.343 e. The Hall–Kier alpha value is -5.24. The van der Waals surface area contributed by atoms with Gasteiger partial charge in [-0.2, -0.15) is 0 Å². The van der Waals surface area contributed by atoms with Gasteiger partial charge < -0.3 is 28.4 Å². The molecule has 0 saturated carbocycles. The van der Waals surface area contributed by atoms with Crippen LogP contribution in [-0.2, 0) is 44.7 Å². The number of para-hydroxylation sites is 4. The molecule has 0 unspecified atom stereocenters. The highest BCUT2D eigenvalue weighted by molar-refractivity contribution is 5.71. The third-order valence-corrected chi connectivity index (χ3v) is 9.05. The molecule has 2 aliphatic rings. The first-order valence-electron chi connectivity index (χ1n) is 17.3. The van der Waals surface area contributed by atoms with E-state index >= 15 is 0 Å². The highest BCUT2D eigenvalue weighted by Crippen LogP contribution is 2.39. The van der Waals surface area contributed by atoms with E-state index in [-0.39, 0.29) is 13.2 Å². The summed E-state index contributed by atoms with van der Waals surface area (Å²) in [5, 5.41) is 0.